The highest BCUT2D eigenvalue weighted by molar-refractivity contribution is 6.21. The Morgan fingerprint density at radius 2 is 1.56 bits per heavy atom. The Bertz CT molecular complexity index is 586. The van der Waals surface area contributed by atoms with Crippen LogP contribution in [0.2, 0.25) is 0 Å². The summed E-state index contributed by atoms with van der Waals surface area (Å²) in [5.74, 6) is -1.11. The fourth-order valence-corrected chi connectivity index (χ4v) is 1.67. The highest BCUT2D eigenvalue weighted by Gasteiger charge is 2.13. The molecule has 0 aromatic heterocycles. The SMILES string of the molecule is O=C(O)/C(=C/c1ccccc1)c1ccccc1O. The lowest BCUT2D eigenvalue weighted by Crippen LogP contribution is -1.99. The second-order valence-corrected chi connectivity index (χ2v) is 3.79. The van der Waals surface area contributed by atoms with Crippen molar-refractivity contribution in [3.8, 4) is 5.75 Å². The molecule has 18 heavy (non-hydrogen) atoms. The predicted molar refractivity (Wildman–Crippen MR) is 70.1 cm³/mol. The second-order valence-electron chi connectivity index (χ2n) is 3.79. The molecule has 0 atom stereocenters. The molecule has 0 bridgehead atoms. The van der Waals surface area contributed by atoms with Crippen molar-refractivity contribution >= 4 is 17.6 Å². The number of carboxylic acids is 1. The van der Waals surface area contributed by atoms with E-state index >= 15 is 0 Å². The van der Waals surface area contributed by atoms with Gasteiger partial charge in [-0.1, -0.05) is 48.5 Å². The first-order valence-corrected chi connectivity index (χ1v) is 5.47. The van der Waals surface area contributed by atoms with Crippen LogP contribution >= 0.6 is 0 Å². The first-order chi connectivity index (χ1) is 8.68. The molecule has 3 nitrogen and oxygen atoms in total. The van der Waals surface area contributed by atoms with Crippen molar-refractivity contribution in [3.63, 3.8) is 0 Å². The van der Waals surface area contributed by atoms with E-state index in [2.05, 4.69) is 0 Å². The summed E-state index contributed by atoms with van der Waals surface area (Å²) in [7, 11) is 0. The summed E-state index contributed by atoms with van der Waals surface area (Å²) < 4.78 is 0. The van der Waals surface area contributed by atoms with Gasteiger partial charge in [0.1, 0.15) is 5.75 Å². The van der Waals surface area contributed by atoms with Crippen LogP contribution in [0.4, 0.5) is 0 Å². The van der Waals surface area contributed by atoms with Gasteiger partial charge in [-0.3, -0.25) is 0 Å². The Morgan fingerprint density at radius 3 is 2.17 bits per heavy atom. The highest BCUT2D eigenvalue weighted by atomic mass is 16.4. The van der Waals surface area contributed by atoms with Gasteiger partial charge in [0.2, 0.25) is 0 Å². The van der Waals surface area contributed by atoms with E-state index in [9.17, 15) is 15.0 Å². The maximum absolute atomic E-state index is 11.3. The number of hydrogen-bond donors (Lipinski definition) is 2. The van der Waals surface area contributed by atoms with Crippen LogP contribution in [0.15, 0.2) is 54.6 Å². The van der Waals surface area contributed by atoms with Crippen LogP contribution in [0.1, 0.15) is 11.1 Å². The molecule has 0 aliphatic heterocycles. The number of phenols is 1. The van der Waals surface area contributed by atoms with Crippen LogP contribution in [0.3, 0.4) is 0 Å². The number of para-hydroxylation sites is 1. The summed E-state index contributed by atoms with van der Waals surface area (Å²) in [4.78, 5) is 11.3. The summed E-state index contributed by atoms with van der Waals surface area (Å²) >= 11 is 0. The minimum Gasteiger partial charge on any atom is -0.507 e. The summed E-state index contributed by atoms with van der Waals surface area (Å²) in [6.07, 6.45) is 1.54. The summed E-state index contributed by atoms with van der Waals surface area (Å²) in [5, 5.41) is 18.9. The first kappa shape index (κ1) is 11.9. The number of aliphatic carboxylic acids is 1. The van der Waals surface area contributed by atoms with Crippen LogP contribution in [0, 0.1) is 0 Å². The van der Waals surface area contributed by atoms with Crippen molar-refractivity contribution in [2.24, 2.45) is 0 Å². The van der Waals surface area contributed by atoms with E-state index in [0.29, 0.717) is 5.56 Å². The number of hydrogen-bond acceptors (Lipinski definition) is 2. The molecule has 3 heteroatoms. The molecule has 90 valence electrons. The topological polar surface area (TPSA) is 57.5 Å². The van der Waals surface area contributed by atoms with Crippen LogP contribution < -0.4 is 0 Å². The molecular formula is C15H12O3. The third-order valence-electron chi connectivity index (χ3n) is 2.54. The molecule has 0 heterocycles. The third kappa shape index (κ3) is 2.58. The van der Waals surface area contributed by atoms with Gasteiger partial charge >= 0.3 is 5.97 Å². The van der Waals surface area contributed by atoms with Crippen LogP contribution in [-0.2, 0) is 4.79 Å². The van der Waals surface area contributed by atoms with Gasteiger partial charge in [0.05, 0.1) is 5.57 Å². The number of carbonyl (C=O) groups is 1. The van der Waals surface area contributed by atoms with Crippen molar-refractivity contribution in [1.82, 2.24) is 0 Å². The van der Waals surface area contributed by atoms with E-state index in [-0.39, 0.29) is 11.3 Å². The van der Waals surface area contributed by atoms with E-state index in [1.54, 1.807) is 18.2 Å². The van der Waals surface area contributed by atoms with E-state index in [1.807, 2.05) is 30.3 Å². The average molecular weight is 240 g/mol. The minimum absolute atomic E-state index is 0.0397. The fraction of sp³-hybridized carbons (Fsp3) is 0. The zero-order valence-corrected chi connectivity index (χ0v) is 9.58. The summed E-state index contributed by atoms with van der Waals surface area (Å²) in [6.45, 7) is 0. The van der Waals surface area contributed by atoms with Crippen molar-refractivity contribution in [2.75, 3.05) is 0 Å². The number of rotatable bonds is 3. The van der Waals surface area contributed by atoms with Crippen LogP contribution in [0.25, 0.3) is 11.6 Å². The molecule has 0 fully saturated rings. The van der Waals surface area contributed by atoms with E-state index < -0.39 is 5.97 Å². The molecule has 0 amide bonds. The van der Waals surface area contributed by atoms with Gasteiger partial charge in [0.25, 0.3) is 0 Å². The molecule has 0 unspecified atom stereocenters. The maximum atomic E-state index is 11.3. The molecule has 0 spiro atoms. The number of phenolic OH excluding ortho intramolecular Hbond substituents is 1. The van der Waals surface area contributed by atoms with Gasteiger partial charge in [0, 0.05) is 5.56 Å². The van der Waals surface area contributed by atoms with Crippen molar-refractivity contribution in [1.29, 1.82) is 0 Å². The quantitative estimate of drug-likeness (QED) is 0.640. The van der Waals surface area contributed by atoms with Crippen molar-refractivity contribution in [3.05, 3.63) is 65.7 Å². The van der Waals surface area contributed by atoms with Crippen molar-refractivity contribution < 1.29 is 15.0 Å². The molecule has 2 aromatic carbocycles. The lowest BCUT2D eigenvalue weighted by atomic mass is 10.0. The summed E-state index contributed by atoms with van der Waals surface area (Å²) in [5.41, 5.74) is 1.16. The van der Waals surface area contributed by atoms with Gasteiger partial charge in [-0.05, 0) is 17.7 Å². The Labute approximate surface area is 105 Å². The van der Waals surface area contributed by atoms with Gasteiger partial charge in [-0.15, -0.1) is 0 Å². The third-order valence-corrected chi connectivity index (χ3v) is 2.54. The molecule has 2 aromatic rings. The fourth-order valence-electron chi connectivity index (χ4n) is 1.67. The van der Waals surface area contributed by atoms with Gasteiger partial charge in [-0.2, -0.15) is 0 Å². The molecule has 0 saturated carbocycles. The molecule has 0 aliphatic carbocycles. The van der Waals surface area contributed by atoms with E-state index in [0.717, 1.165) is 5.56 Å². The number of carboxylic acid groups (broad SMARTS) is 1. The normalized spacial score (nSPS) is 11.2. The maximum Gasteiger partial charge on any atom is 0.336 e. The minimum atomic E-state index is -1.07. The standard InChI is InChI=1S/C15H12O3/c16-14-9-5-4-8-12(14)13(15(17)18)10-11-6-2-1-3-7-11/h1-10,16H,(H,17,18)/b13-10+. The largest absolute Gasteiger partial charge is 0.507 e. The Balaban J connectivity index is 2.51. The lowest BCUT2D eigenvalue weighted by Gasteiger charge is -2.05. The first-order valence-electron chi connectivity index (χ1n) is 5.47. The number of aromatic hydroxyl groups is 1. The lowest BCUT2D eigenvalue weighted by molar-refractivity contribution is -0.130. The Hall–Kier alpha value is -2.55. The molecular weight excluding hydrogens is 228 g/mol. The predicted octanol–water partition coefficient (Wildman–Crippen LogP) is 3.02. The molecule has 0 aliphatic rings. The van der Waals surface area contributed by atoms with E-state index in [1.165, 1.54) is 12.1 Å². The summed E-state index contributed by atoms with van der Waals surface area (Å²) in [6, 6.07) is 15.5. The molecule has 0 radical (unpaired) electrons. The second kappa shape index (κ2) is 5.19. The van der Waals surface area contributed by atoms with Crippen molar-refractivity contribution in [2.45, 2.75) is 0 Å². The smallest absolute Gasteiger partial charge is 0.336 e. The zero-order chi connectivity index (χ0) is 13.0. The average Bonchev–Trinajstić information content (AvgIpc) is 2.38. The Morgan fingerprint density at radius 1 is 0.944 bits per heavy atom. The molecule has 2 rings (SSSR count). The van der Waals surface area contributed by atoms with E-state index in [4.69, 9.17) is 0 Å². The molecule has 0 saturated heterocycles. The van der Waals surface area contributed by atoms with Gasteiger partial charge < -0.3 is 10.2 Å². The van der Waals surface area contributed by atoms with Crippen LogP contribution in [-0.4, -0.2) is 16.2 Å². The van der Waals surface area contributed by atoms with Gasteiger partial charge in [-0.25, -0.2) is 4.79 Å². The number of benzene rings is 2. The van der Waals surface area contributed by atoms with Gasteiger partial charge in [0.15, 0.2) is 0 Å². The van der Waals surface area contributed by atoms with Crippen LogP contribution in [0.5, 0.6) is 5.75 Å². The highest BCUT2D eigenvalue weighted by Crippen LogP contribution is 2.26. The molecule has 2 N–H and O–H groups in total. The zero-order valence-electron chi connectivity index (χ0n) is 9.58. The Kier molecular flexibility index (Phi) is 3.44. The monoisotopic (exact) mass is 240 g/mol.